The van der Waals surface area contributed by atoms with Crippen LogP contribution in [-0.4, -0.2) is 65.7 Å². The molecule has 0 heterocycles. The number of esters is 2. The number of ether oxygens (including phenoxy) is 2. The molecule has 5 atom stereocenters. The third-order valence-corrected chi connectivity index (χ3v) is 8.79. The lowest BCUT2D eigenvalue weighted by molar-refractivity contribution is -0.161. The highest BCUT2D eigenvalue weighted by Crippen LogP contribution is 2.43. The van der Waals surface area contributed by atoms with E-state index >= 15 is 0 Å². The molecule has 0 aliphatic heterocycles. The first-order valence-corrected chi connectivity index (χ1v) is 18.3. The Morgan fingerprint density at radius 3 is 1.60 bits per heavy atom. The number of carbonyl (C=O) groups excluding carboxylic acids is 2. The quantitative estimate of drug-likeness (QED) is 0.0417. The number of aliphatic hydroxyl groups is 2. The van der Waals surface area contributed by atoms with Crippen LogP contribution < -0.4 is 0 Å². The normalized spacial score (nSPS) is 15.8. The maximum absolute atomic E-state index is 12.5. The van der Waals surface area contributed by atoms with Gasteiger partial charge in [0, 0.05) is 12.8 Å². The molecule has 0 aromatic rings. The SMILES string of the molecule is CCC(C)CCCCCCCCC(=O)OC[C@H](COP(=O)(O)OC[C@@H](O)CO)OC(=O)CCCCCCCCC(C)CC. The predicted molar refractivity (Wildman–Crippen MR) is 168 cm³/mol. The van der Waals surface area contributed by atoms with Gasteiger partial charge in [-0.25, -0.2) is 4.57 Å². The standard InChI is InChI=1S/C32H63O10P/c1-5-27(3)19-15-11-7-9-13-17-21-31(35)39-25-30(26-41-43(37,38)40-24-29(34)23-33)42-32(36)22-18-14-10-8-12-16-20-28(4)6-2/h27-30,33-34H,5-26H2,1-4H3,(H,37,38)/t27?,28?,29-,30+/m0/s1. The lowest BCUT2D eigenvalue weighted by Crippen LogP contribution is -2.29. The van der Waals surface area contributed by atoms with Gasteiger partial charge in [-0.2, -0.15) is 0 Å². The summed E-state index contributed by atoms with van der Waals surface area (Å²) in [5.41, 5.74) is 0. The van der Waals surface area contributed by atoms with Gasteiger partial charge in [-0.1, -0.05) is 118 Å². The van der Waals surface area contributed by atoms with Crippen LogP contribution in [0, 0.1) is 11.8 Å². The largest absolute Gasteiger partial charge is 0.472 e. The lowest BCUT2D eigenvalue weighted by atomic mass is 10.00. The Labute approximate surface area is 261 Å². The number of carbonyl (C=O) groups is 2. The average molecular weight is 639 g/mol. The zero-order chi connectivity index (χ0) is 32.3. The van der Waals surface area contributed by atoms with Crippen molar-refractivity contribution in [1.29, 1.82) is 0 Å². The number of hydrogen-bond donors (Lipinski definition) is 3. The number of aliphatic hydroxyl groups excluding tert-OH is 2. The van der Waals surface area contributed by atoms with Crippen molar-refractivity contribution in [3.63, 3.8) is 0 Å². The highest BCUT2D eigenvalue weighted by molar-refractivity contribution is 7.47. The van der Waals surface area contributed by atoms with Crippen molar-refractivity contribution in [1.82, 2.24) is 0 Å². The second-order valence-corrected chi connectivity index (χ2v) is 13.5. The van der Waals surface area contributed by atoms with Crippen molar-refractivity contribution in [3.8, 4) is 0 Å². The Hall–Kier alpha value is -1.03. The first-order chi connectivity index (χ1) is 20.5. The third-order valence-electron chi connectivity index (χ3n) is 7.84. The van der Waals surface area contributed by atoms with E-state index in [9.17, 15) is 24.2 Å². The van der Waals surface area contributed by atoms with Gasteiger partial charge < -0.3 is 24.6 Å². The van der Waals surface area contributed by atoms with Gasteiger partial charge in [-0.05, 0) is 24.7 Å². The monoisotopic (exact) mass is 638 g/mol. The van der Waals surface area contributed by atoms with Gasteiger partial charge in [-0.15, -0.1) is 0 Å². The number of unbranched alkanes of at least 4 members (excludes halogenated alkanes) is 10. The van der Waals surface area contributed by atoms with E-state index in [2.05, 4.69) is 32.2 Å². The van der Waals surface area contributed by atoms with Gasteiger partial charge in [0.05, 0.1) is 19.8 Å². The molecule has 0 rings (SSSR count). The minimum Gasteiger partial charge on any atom is -0.462 e. The fraction of sp³-hybridized carbons (Fsp3) is 0.938. The molecule has 0 spiro atoms. The number of hydrogen-bond acceptors (Lipinski definition) is 9. The van der Waals surface area contributed by atoms with Gasteiger partial charge in [0.15, 0.2) is 6.10 Å². The van der Waals surface area contributed by atoms with Gasteiger partial charge in [0.2, 0.25) is 0 Å². The van der Waals surface area contributed by atoms with E-state index in [1.165, 1.54) is 51.4 Å². The molecule has 0 aliphatic carbocycles. The fourth-order valence-corrected chi connectivity index (χ4v) is 5.20. The number of rotatable bonds is 30. The van der Waals surface area contributed by atoms with Gasteiger partial charge in [0.25, 0.3) is 0 Å². The molecule has 0 aromatic carbocycles. The summed E-state index contributed by atoms with van der Waals surface area (Å²) in [5, 5.41) is 18.2. The first-order valence-electron chi connectivity index (χ1n) is 16.8. The molecular formula is C32H63O10P. The van der Waals surface area contributed by atoms with Crippen LogP contribution in [-0.2, 0) is 32.7 Å². The van der Waals surface area contributed by atoms with E-state index in [0.717, 1.165) is 50.4 Å². The van der Waals surface area contributed by atoms with E-state index in [-0.39, 0.29) is 19.4 Å². The molecular weight excluding hydrogens is 575 g/mol. The molecule has 0 aromatic heterocycles. The average Bonchev–Trinajstić information content (AvgIpc) is 2.99. The molecule has 3 unspecified atom stereocenters. The highest BCUT2D eigenvalue weighted by Gasteiger charge is 2.27. The summed E-state index contributed by atoms with van der Waals surface area (Å²) in [7, 11) is -4.60. The van der Waals surface area contributed by atoms with Gasteiger partial charge in [-0.3, -0.25) is 18.6 Å². The molecule has 0 saturated carbocycles. The van der Waals surface area contributed by atoms with Gasteiger partial charge >= 0.3 is 19.8 Å². The second-order valence-electron chi connectivity index (χ2n) is 12.0. The zero-order valence-corrected chi connectivity index (χ0v) is 28.4. The Balaban J connectivity index is 4.49. The molecule has 0 fully saturated rings. The summed E-state index contributed by atoms with van der Waals surface area (Å²) >= 11 is 0. The molecule has 11 heteroatoms. The first kappa shape index (κ1) is 42.0. The molecule has 0 saturated heterocycles. The summed E-state index contributed by atoms with van der Waals surface area (Å²) in [5.74, 6) is 0.613. The fourth-order valence-electron chi connectivity index (χ4n) is 4.41. The Bertz CT molecular complexity index is 735. The Morgan fingerprint density at radius 1 is 0.674 bits per heavy atom. The minimum absolute atomic E-state index is 0.185. The van der Waals surface area contributed by atoms with Crippen LogP contribution in [0.1, 0.15) is 143 Å². The van der Waals surface area contributed by atoms with E-state index in [1.807, 2.05) is 0 Å². The van der Waals surface area contributed by atoms with Gasteiger partial charge in [0.1, 0.15) is 12.7 Å². The molecule has 3 N–H and O–H groups in total. The second kappa shape index (κ2) is 27.3. The van der Waals surface area contributed by atoms with E-state index in [4.69, 9.17) is 19.1 Å². The Kier molecular flexibility index (Phi) is 26.6. The minimum atomic E-state index is -4.60. The van der Waals surface area contributed by atoms with Crippen molar-refractivity contribution in [2.24, 2.45) is 11.8 Å². The molecule has 256 valence electrons. The maximum Gasteiger partial charge on any atom is 0.472 e. The van der Waals surface area contributed by atoms with Crippen LogP contribution in [0.5, 0.6) is 0 Å². The van der Waals surface area contributed by atoms with Crippen LogP contribution in [0.15, 0.2) is 0 Å². The molecule has 0 aliphatic rings. The van der Waals surface area contributed by atoms with Crippen molar-refractivity contribution >= 4 is 19.8 Å². The van der Waals surface area contributed by atoms with Crippen molar-refractivity contribution in [2.45, 2.75) is 155 Å². The molecule has 10 nitrogen and oxygen atoms in total. The molecule has 0 radical (unpaired) electrons. The lowest BCUT2D eigenvalue weighted by Gasteiger charge is -2.20. The summed E-state index contributed by atoms with van der Waals surface area (Å²) in [6, 6.07) is 0. The highest BCUT2D eigenvalue weighted by atomic mass is 31.2. The van der Waals surface area contributed by atoms with Crippen LogP contribution in [0.4, 0.5) is 0 Å². The van der Waals surface area contributed by atoms with Crippen LogP contribution in [0.3, 0.4) is 0 Å². The van der Waals surface area contributed by atoms with Crippen molar-refractivity contribution in [3.05, 3.63) is 0 Å². The van der Waals surface area contributed by atoms with Crippen molar-refractivity contribution < 1.29 is 47.8 Å². The molecule has 43 heavy (non-hydrogen) atoms. The topological polar surface area (TPSA) is 149 Å². The van der Waals surface area contributed by atoms with Crippen LogP contribution in [0.2, 0.25) is 0 Å². The molecule has 0 amide bonds. The van der Waals surface area contributed by atoms with Crippen LogP contribution >= 0.6 is 7.82 Å². The van der Waals surface area contributed by atoms with Crippen molar-refractivity contribution in [2.75, 3.05) is 26.4 Å². The van der Waals surface area contributed by atoms with E-state index in [1.54, 1.807) is 0 Å². The van der Waals surface area contributed by atoms with E-state index in [0.29, 0.717) is 12.8 Å². The summed E-state index contributed by atoms with van der Waals surface area (Å²) in [6.45, 7) is 6.88. The summed E-state index contributed by atoms with van der Waals surface area (Å²) in [4.78, 5) is 34.6. The smallest absolute Gasteiger partial charge is 0.462 e. The predicted octanol–water partition coefficient (Wildman–Crippen LogP) is 7.26. The molecule has 0 bridgehead atoms. The maximum atomic E-state index is 12.5. The summed E-state index contributed by atoms with van der Waals surface area (Å²) in [6.07, 6.45) is 15.4. The third kappa shape index (κ3) is 27.0. The summed E-state index contributed by atoms with van der Waals surface area (Å²) < 4.78 is 32.4. The number of phosphoric acid groups is 1. The zero-order valence-electron chi connectivity index (χ0n) is 27.5. The Morgan fingerprint density at radius 2 is 1.12 bits per heavy atom. The van der Waals surface area contributed by atoms with E-state index < -0.39 is 51.8 Å². The number of phosphoric ester groups is 1. The van der Waals surface area contributed by atoms with Crippen LogP contribution in [0.25, 0.3) is 0 Å².